The third-order valence-corrected chi connectivity index (χ3v) is 3.99. The molecular formula is C17H16N2O3. The van der Waals surface area contributed by atoms with E-state index < -0.39 is 6.10 Å². The van der Waals surface area contributed by atoms with Crippen molar-refractivity contribution in [3.63, 3.8) is 0 Å². The number of nitriles is 1. The number of aliphatic hydroxyl groups excluding tert-OH is 1. The second-order valence-corrected chi connectivity index (χ2v) is 5.51. The van der Waals surface area contributed by atoms with Crippen molar-refractivity contribution < 1.29 is 14.3 Å². The first-order chi connectivity index (χ1) is 10.6. The maximum absolute atomic E-state index is 12.0. The van der Waals surface area contributed by atoms with Crippen molar-refractivity contribution in [3.8, 4) is 6.07 Å². The van der Waals surface area contributed by atoms with Gasteiger partial charge in [-0.05, 0) is 42.7 Å². The molecule has 1 amide bonds. The van der Waals surface area contributed by atoms with Crippen molar-refractivity contribution in [1.29, 1.82) is 5.26 Å². The van der Waals surface area contributed by atoms with Crippen molar-refractivity contribution in [2.75, 3.05) is 6.54 Å². The highest BCUT2D eigenvalue weighted by molar-refractivity contribution is 5.94. The smallest absolute Gasteiger partial charge is 0.251 e. The SMILES string of the molecule is N#CC1(c2ccc(C(=O)NCC(O)c3ccco3)cc2)CC1. The molecule has 0 spiro atoms. The number of furan rings is 1. The molecule has 0 radical (unpaired) electrons. The quantitative estimate of drug-likeness (QED) is 0.886. The van der Waals surface area contributed by atoms with Gasteiger partial charge in [-0.3, -0.25) is 4.79 Å². The maximum atomic E-state index is 12.0. The Kier molecular flexibility index (Phi) is 3.70. The maximum Gasteiger partial charge on any atom is 0.251 e. The van der Waals surface area contributed by atoms with Gasteiger partial charge in [0.15, 0.2) is 0 Å². The Morgan fingerprint density at radius 1 is 1.36 bits per heavy atom. The zero-order valence-electron chi connectivity index (χ0n) is 12.0. The van der Waals surface area contributed by atoms with Crippen LogP contribution in [0.15, 0.2) is 47.1 Å². The van der Waals surface area contributed by atoms with E-state index >= 15 is 0 Å². The Morgan fingerprint density at radius 3 is 2.64 bits per heavy atom. The summed E-state index contributed by atoms with van der Waals surface area (Å²) in [5, 5.41) is 21.7. The van der Waals surface area contributed by atoms with E-state index in [1.54, 1.807) is 24.3 Å². The van der Waals surface area contributed by atoms with Gasteiger partial charge in [-0.1, -0.05) is 12.1 Å². The topological polar surface area (TPSA) is 86.3 Å². The molecule has 2 aromatic rings. The van der Waals surface area contributed by atoms with E-state index in [1.165, 1.54) is 6.26 Å². The van der Waals surface area contributed by atoms with E-state index in [4.69, 9.17) is 9.68 Å². The van der Waals surface area contributed by atoms with Crippen molar-refractivity contribution in [2.24, 2.45) is 0 Å². The van der Waals surface area contributed by atoms with Crippen LogP contribution < -0.4 is 5.32 Å². The lowest BCUT2D eigenvalue weighted by molar-refractivity contribution is 0.0901. The van der Waals surface area contributed by atoms with Crippen LogP contribution in [0.3, 0.4) is 0 Å². The molecule has 5 nitrogen and oxygen atoms in total. The Hall–Kier alpha value is -2.58. The predicted molar refractivity (Wildman–Crippen MR) is 79.0 cm³/mol. The van der Waals surface area contributed by atoms with E-state index in [2.05, 4.69) is 11.4 Å². The fraction of sp³-hybridized carbons (Fsp3) is 0.294. The first-order valence-electron chi connectivity index (χ1n) is 7.16. The summed E-state index contributed by atoms with van der Waals surface area (Å²) >= 11 is 0. The number of aliphatic hydroxyl groups is 1. The number of rotatable bonds is 5. The summed E-state index contributed by atoms with van der Waals surface area (Å²) in [5.74, 6) is 0.152. The summed E-state index contributed by atoms with van der Waals surface area (Å²) in [6.07, 6.45) is 2.36. The van der Waals surface area contributed by atoms with E-state index in [0.29, 0.717) is 11.3 Å². The van der Waals surface area contributed by atoms with Crippen LogP contribution in [-0.4, -0.2) is 17.6 Å². The number of carbonyl (C=O) groups is 1. The second-order valence-electron chi connectivity index (χ2n) is 5.51. The fourth-order valence-electron chi connectivity index (χ4n) is 2.40. The second kappa shape index (κ2) is 5.66. The lowest BCUT2D eigenvalue weighted by Crippen LogP contribution is -2.28. The van der Waals surface area contributed by atoms with Gasteiger partial charge in [-0.2, -0.15) is 5.26 Å². The Balaban J connectivity index is 1.60. The average Bonchev–Trinajstić information content (AvgIpc) is 3.17. The largest absolute Gasteiger partial charge is 0.467 e. The first kappa shape index (κ1) is 14.4. The third-order valence-electron chi connectivity index (χ3n) is 3.99. The lowest BCUT2D eigenvalue weighted by atomic mass is 9.96. The number of hydrogen-bond donors (Lipinski definition) is 2. The van der Waals surface area contributed by atoms with Crippen LogP contribution in [-0.2, 0) is 5.41 Å². The molecule has 1 fully saturated rings. The molecule has 1 atom stereocenters. The van der Waals surface area contributed by atoms with E-state index in [1.807, 2.05) is 12.1 Å². The van der Waals surface area contributed by atoms with Crippen LogP contribution in [0, 0.1) is 11.3 Å². The summed E-state index contributed by atoms with van der Waals surface area (Å²) in [6.45, 7) is 0.0796. The molecule has 1 heterocycles. The predicted octanol–water partition coefficient (Wildman–Crippen LogP) is 2.30. The average molecular weight is 296 g/mol. The molecule has 1 aromatic heterocycles. The van der Waals surface area contributed by atoms with E-state index in [0.717, 1.165) is 18.4 Å². The summed E-state index contributed by atoms with van der Waals surface area (Å²) in [6, 6.07) is 12.7. The van der Waals surface area contributed by atoms with Crippen LogP contribution >= 0.6 is 0 Å². The van der Waals surface area contributed by atoms with Crippen LogP contribution in [0.1, 0.15) is 40.6 Å². The molecule has 22 heavy (non-hydrogen) atoms. The molecule has 3 rings (SSSR count). The van der Waals surface area contributed by atoms with Gasteiger partial charge in [0.1, 0.15) is 11.9 Å². The van der Waals surface area contributed by atoms with Crippen LogP contribution in [0.25, 0.3) is 0 Å². The number of hydrogen-bond acceptors (Lipinski definition) is 4. The molecule has 1 aliphatic rings. The summed E-state index contributed by atoms with van der Waals surface area (Å²) in [5.41, 5.74) is 1.12. The third kappa shape index (κ3) is 2.74. The van der Waals surface area contributed by atoms with Gasteiger partial charge in [0.05, 0.1) is 24.3 Å². The first-order valence-corrected chi connectivity index (χ1v) is 7.16. The monoisotopic (exact) mass is 296 g/mol. The highest BCUT2D eigenvalue weighted by Crippen LogP contribution is 2.47. The zero-order valence-corrected chi connectivity index (χ0v) is 12.0. The summed E-state index contributed by atoms with van der Waals surface area (Å²) < 4.78 is 5.07. The molecule has 1 unspecified atom stereocenters. The molecule has 5 heteroatoms. The minimum absolute atomic E-state index is 0.0796. The number of nitrogens with zero attached hydrogens (tertiary/aromatic N) is 1. The normalized spacial score (nSPS) is 16.5. The van der Waals surface area contributed by atoms with Crippen LogP contribution in [0.2, 0.25) is 0 Å². The Labute approximate surface area is 128 Å². The number of benzene rings is 1. The summed E-state index contributed by atoms with van der Waals surface area (Å²) in [7, 11) is 0. The molecule has 0 bridgehead atoms. The molecule has 1 saturated carbocycles. The molecule has 0 saturated heterocycles. The van der Waals surface area contributed by atoms with Gasteiger partial charge in [0, 0.05) is 5.56 Å². The molecule has 1 aliphatic carbocycles. The van der Waals surface area contributed by atoms with Crippen molar-refractivity contribution in [1.82, 2.24) is 5.32 Å². The number of nitrogens with one attached hydrogen (secondary N) is 1. The van der Waals surface area contributed by atoms with Gasteiger partial charge in [-0.25, -0.2) is 0 Å². The van der Waals surface area contributed by atoms with E-state index in [9.17, 15) is 9.90 Å². The number of amides is 1. The minimum atomic E-state index is -0.869. The Morgan fingerprint density at radius 2 is 2.09 bits per heavy atom. The minimum Gasteiger partial charge on any atom is -0.467 e. The van der Waals surface area contributed by atoms with Gasteiger partial charge >= 0.3 is 0 Å². The highest BCUT2D eigenvalue weighted by atomic mass is 16.4. The fourth-order valence-corrected chi connectivity index (χ4v) is 2.40. The molecular weight excluding hydrogens is 280 g/mol. The number of carbonyl (C=O) groups excluding carboxylic acids is 1. The van der Waals surface area contributed by atoms with Crippen LogP contribution in [0.4, 0.5) is 0 Å². The van der Waals surface area contributed by atoms with Gasteiger partial charge in [-0.15, -0.1) is 0 Å². The molecule has 2 N–H and O–H groups in total. The van der Waals surface area contributed by atoms with Crippen molar-refractivity contribution >= 4 is 5.91 Å². The van der Waals surface area contributed by atoms with Crippen LogP contribution in [0.5, 0.6) is 0 Å². The molecule has 0 aliphatic heterocycles. The lowest BCUT2D eigenvalue weighted by Gasteiger charge is -2.11. The molecule has 112 valence electrons. The van der Waals surface area contributed by atoms with E-state index in [-0.39, 0.29) is 17.9 Å². The van der Waals surface area contributed by atoms with Gasteiger partial charge < -0.3 is 14.8 Å². The zero-order chi connectivity index (χ0) is 15.6. The molecule has 1 aromatic carbocycles. The van der Waals surface area contributed by atoms with Crippen molar-refractivity contribution in [3.05, 3.63) is 59.5 Å². The highest BCUT2D eigenvalue weighted by Gasteiger charge is 2.44. The van der Waals surface area contributed by atoms with Gasteiger partial charge in [0.25, 0.3) is 5.91 Å². The standard InChI is InChI=1S/C17H16N2O3/c18-11-17(7-8-17)13-5-3-12(4-6-13)16(21)19-10-14(20)15-2-1-9-22-15/h1-6,9,14,20H,7-8,10H2,(H,19,21). The summed E-state index contributed by atoms with van der Waals surface area (Å²) in [4.78, 5) is 12.0. The van der Waals surface area contributed by atoms with Crippen molar-refractivity contribution in [2.45, 2.75) is 24.4 Å². The van der Waals surface area contributed by atoms with Gasteiger partial charge in [0.2, 0.25) is 0 Å². The Bertz CT molecular complexity index is 695.